The summed E-state index contributed by atoms with van der Waals surface area (Å²) in [6.07, 6.45) is 0.985. The third-order valence-electron chi connectivity index (χ3n) is 3.78. The van der Waals surface area contributed by atoms with Crippen molar-refractivity contribution in [1.29, 1.82) is 0 Å². The van der Waals surface area contributed by atoms with Crippen molar-refractivity contribution in [1.82, 2.24) is 10.2 Å². The molecule has 5 nitrogen and oxygen atoms in total. The van der Waals surface area contributed by atoms with Gasteiger partial charge >= 0.3 is 0 Å². The second-order valence-corrected chi connectivity index (χ2v) is 6.01. The summed E-state index contributed by atoms with van der Waals surface area (Å²) >= 11 is 0. The van der Waals surface area contributed by atoms with E-state index in [-0.39, 0.29) is 42.9 Å². The Morgan fingerprint density at radius 3 is 2.46 bits per heavy atom. The Labute approximate surface area is 157 Å². The molecular weight excluding hydrogens is 349 g/mol. The largest absolute Gasteiger partial charge is 0.373 e. The predicted molar refractivity (Wildman–Crippen MR) is 103 cm³/mol. The summed E-state index contributed by atoms with van der Waals surface area (Å²) in [5.74, 6) is 0.0468. The minimum atomic E-state index is 0. The Morgan fingerprint density at radius 2 is 1.83 bits per heavy atom. The number of para-hydroxylation sites is 1. The summed E-state index contributed by atoms with van der Waals surface area (Å²) in [6.45, 7) is 7.58. The molecule has 1 heterocycles. The maximum absolute atomic E-state index is 11.9. The molecule has 2 N–H and O–H groups in total. The van der Waals surface area contributed by atoms with E-state index in [2.05, 4.69) is 35.4 Å². The molecule has 1 aliphatic heterocycles. The monoisotopic (exact) mass is 377 g/mol. The number of nitrogens with one attached hydrogen (secondary N) is 2. The third-order valence-corrected chi connectivity index (χ3v) is 3.78. The van der Waals surface area contributed by atoms with Gasteiger partial charge in [-0.2, -0.15) is 0 Å². The Kier molecular flexibility index (Phi) is 11.2. The SMILES string of the molecule is CNCCC(=O)Nc1ccccc1CN1CC(C)OC(C)C1.Cl.Cl. The van der Waals surface area contributed by atoms with Crippen LogP contribution in [0, 0.1) is 0 Å². The van der Waals surface area contributed by atoms with Crippen molar-refractivity contribution in [2.24, 2.45) is 0 Å². The molecule has 2 rings (SSSR count). The summed E-state index contributed by atoms with van der Waals surface area (Å²) in [5, 5.41) is 6.01. The molecule has 0 radical (unpaired) electrons. The van der Waals surface area contributed by atoms with E-state index in [1.165, 1.54) is 0 Å². The number of carbonyl (C=O) groups is 1. The van der Waals surface area contributed by atoms with Gasteiger partial charge in [-0.1, -0.05) is 18.2 Å². The molecule has 1 aliphatic rings. The Morgan fingerprint density at radius 1 is 1.21 bits per heavy atom. The smallest absolute Gasteiger partial charge is 0.225 e. The van der Waals surface area contributed by atoms with Crippen molar-refractivity contribution in [2.75, 3.05) is 32.0 Å². The number of hydrogen-bond donors (Lipinski definition) is 2. The van der Waals surface area contributed by atoms with Gasteiger partial charge in [-0.25, -0.2) is 0 Å². The van der Waals surface area contributed by atoms with Crippen molar-refractivity contribution < 1.29 is 9.53 Å². The molecular formula is C17H29Cl2N3O2. The van der Waals surface area contributed by atoms with Crippen LogP contribution in [-0.2, 0) is 16.1 Å². The molecule has 24 heavy (non-hydrogen) atoms. The van der Waals surface area contributed by atoms with Crippen LogP contribution in [0.1, 0.15) is 25.8 Å². The first kappa shape index (κ1) is 23.1. The van der Waals surface area contributed by atoms with E-state index >= 15 is 0 Å². The predicted octanol–water partition coefficient (Wildman–Crippen LogP) is 2.69. The fraction of sp³-hybridized carbons (Fsp3) is 0.588. The van der Waals surface area contributed by atoms with Crippen molar-refractivity contribution in [3.63, 3.8) is 0 Å². The molecule has 1 aromatic rings. The van der Waals surface area contributed by atoms with Gasteiger partial charge in [0.1, 0.15) is 0 Å². The number of anilines is 1. The minimum absolute atomic E-state index is 0. The van der Waals surface area contributed by atoms with Crippen LogP contribution in [-0.4, -0.2) is 49.7 Å². The van der Waals surface area contributed by atoms with Crippen LogP contribution in [0.15, 0.2) is 24.3 Å². The van der Waals surface area contributed by atoms with Crippen LogP contribution < -0.4 is 10.6 Å². The van der Waals surface area contributed by atoms with Gasteiger partial charge < -0.3 is 15.4 Å². The number of benzene rings is 1. The average molecular weight is 378 g/mol. The van der Waals surface area contributed by atoms with Gasteiger partial charge in [0.2, 0.25) is 5.91 Å². The lowest BCUT2D eigenvalue weighted by Crippen LogP contribution is -2.44. The topological polar surface area (TPSA) is 53.6 Å². The van der Waals surface area contributed by atoms with Gasteiger partial charge in [-0.3, -0.25) is 9.69 Å². The van der Waals surface area contributed by atoms with Gasteiger partial charge in [-0.15, -0.1) is 24.8 Å². The number of rotatable bonds is 6. The zero-order valence-electron chi connectivity index (χ0n) is 14.6. The van der Waals surface area contributed by atoms with Gasteiger partial charge in [0.25, 0.3) is 0 Å². The van der Waals surface area contributed by atoms with E-state index in [0.717, 1.165) is 30.9 Å². The van der Waals surface area contributed by atoms with Crippen LogP contribution in [0.4, 0.5) is 5.69 Å². The molecule has 2 atom stereocenters. The quantitative estimate of drug-likeness (QED) is 0.799. The fourth-order valence-corrected chi connectivity index (χ4v) is 2.89. The number of morpholine rings is 1. The van der Waals surface area contributed by atoms with Gasteiger partial charge in [0.05, 0.1) is 12.2 Å². The zero-order chi connectivity index (χ0) is 15.9. The number of carbonyl (C=O) groups excluding carboxylic acids is 1. The van der Waals surface area contributed by atoms with Gasteiger partial charge in [0.15, 0.2) is 0 Å². The van der Waals surface area contributed by atoms with E-state index in [0.29, 0.717) is 13.0 Å². The van der Waals surface area contributed by atoms with Crippen LogP contribution in [0.3, 0.4) is 0 Å². The first-order chi connectivity index (χ1) is 10.6. The lowest BCUT2D eigenvalue weighted by atomic mass is 10.1. The number of ether oxygens (including phenoxy) is 1. The maximum atomic E-state index is 11.9. The first-order valence-corrected chi connectivity index (χ1v) is 7.98. The van der Waals surface area contributed by atoms with Crippen LogP contribution in [0.5, 0.6) is 0 Å². The number of hydrogen-bond acceptors (Lipinski definition) is 4. The lowest BCUT2D eigenvalue weighted by Gasteiger charge is -2.35. The van der Waals surface area contributed by atoms with E-state index in [1.807, 2.05) is 25.2 Å². The molecule has 2 unspecified atom stereocenters. The summed E-state index contributed by atoms with van der Waals surface area (Å²) in [5.41, 5.74) is 2.07. The minimum Gasteiger partial charge on any atom is -0.373 e. The molecule has 1 saturated heterocycles. The highest BCUT2D eigenvalue weighted by atomic mass is 35.5. The lowest BCUT2D eigenvalue weighted by molar-refractivity contribution is -0.116. The molecule has 0 aromatic heterocycles. The molecule has 1 fully saturated rings. The summed E-state index contributed by atoms with van der Waals surface area (Å²) < 4.78 is 5.77. The van der Waals surface area contributed by atoms with Gasteiger partial charge in [-0.05, 0) is 32.5 Å². The third kappa shape index (κ3) is 7.36. The second kappa shape index (κ2) is 11.7. The van der Waals surface area contributed by atoms with Crippen molar-refractivity contribution in [2.45, 2.75) is 39.0 Å². The molecule has 1 amide bonds. The van der Waals surface area contributed by atoms with Crippen molar-refractivity contribution in [3.8, 4) is 0 Å². The Bertz CT molecular complexity index is 492. The molecule has 0 aliphatic carbocycles. The van der Waals surface area contributed by atoms with Crippen LogP contribution >= 0.6 is 24.8 Å². The van der Waals surface area contributed by atoms with E-state index in [4.69, 9.17) is 4.74 Å². The van der Waals surface area contributed by atoms with Crippen molar-refractivity contribution in [3.05, 3.63) is 29.8 Å². The van der Waals surface area contributed by atoms with E-state index < -0.39 is 0 Å². The average Bonchev–Trinajstić information content (AvgIpc) is 2.46. The Hall–Kier alpha value is -0.850. The Balaban J connectivity index is 0.00000264. The molecule has 0 bridgehead atoms. The first-order valence-electron chi connectivity index (χ1n) is 7.98. The molecule has 0 spiro atoms. The fourth-order valence-electron chi connectivity index (χ4n) is 2.89. The van der Waals surface area contributed by atoms with Crippen LogP contribution in [0.2, 0.25) is 0 Å². The standard InChI is InChI=1S/C17H27N3O2.2ClH/c1-13-10-20(11-14(2)22-13)12-15-6-4-5-7-16(15)19-17(21)8-9-18-3;;/h4-7,13-14,18H,8-12H2,1-3H3,(H,19,21);2*1H. The maximum Gasteiger partial charge on any atom is 0.225 e. The highest BCUT2D eigenvalue weighted by Gasteiger charge is 2.22. The molecule has 0 saturated carbocycles. The highest BCUT2D eigenvalue weighted by Crippen LogP contribution is 2.20. The number of nitrogens with zero attached hydrogens (tertiary/aromatic N) is 1. The molecule has 1 aromatic carbocycles. The van der Waals surface area contributed by atoms with Crippen molar-refractivity contribution >= 4 is 36.4 Å². The number of halogens is 2. The molecule has 138 valence electrons. The summed E-state index contributed by atoms with van der Waals surface area (Å²) in [7, 11) is 1.85. The summed E-state index contributed by atoms with van der Waals surface area (Å²) in [6, 6.07) is 8.03. The summed E-state index contributed by atoms with van der Waals surface area (Å²) in [4.78, 5) is 14.3. The highest BCUT2D eigenvalue weighted by molar-refractivity contribution is 5.91. The second-order valence-electron chi connectivity index (χ2n) is 6.01. The normalized spacial score (nSPS) is 20.6. The van der Waals surface area contributed by atoms with E-state index in [9.17, 15) is 4.79 Å². The van der Waals surface area contributed by atoms with E-state index in [1.54, 1.807) is 0 Å². The van der Waals surface area contributed by atoms with Crippen LogP contribution in [0.25, 0.3) is 0 Å². The number of amides is 1. The van der Waals surface area contributed by atoms with Gasteiger partial charge in [0, 0.05) is 38.3 Å². The molecule has 7 heteroatoms. The zero-order valence-corrected chi connectivity index (χ0v) is 16.2.